The van der Waals surface area contributed by atoms with Crippen molar-refractivity contribution in [2.24, 2.45) is 0 Å². The van der Waals surface area contributed by atoms with Crippen LogP contribution in [0.25, 0.3) is 5.57 Å². The molecule has 0 aliphatic carbocycles. The Hall–Kier alpha value is -3.23. The maximum Gasteiger partial charge on any atom is 0.415 e. The fraction of sp³-hybridized carbons (Fsp3) is 0.400. The first-order valence-corrected chi connectivity index (χ1v) is 9.26. The number of likely N-dealkylation sites (N-methyl/N-ethyl adjacent to an activating group) is 1. The minimum atomic E-state index is -0.935. The molecule has 1 aromatic carbocycles. The molecular weight excluding hydrogens is 381 g/mol. The van der Waals surface area contributed by atoms with Crippen LogP contribution in [0.5, 0.6) is 0 Å². The number of ether oxygens (including phenoxy) is 1. The van der Waals surface area contributed by atoms with Gasteiger partial charge in [0.05, 0.1) is 18.7 Å². The van der Waals surface area contributed by atoms with Crippen LogP contribution in [0.15, 0.2) is 24.3 Å². The maximum atomic E-state index is 14.7. The van der Waals surface area contributed by atoms with Gasteiger partial charge in [-0.15, -0.1) is 0 Å². The van der Waals surface area contributed by atoms with Gasteiger partial charge in [-0.1, -0.05) is 6.08 Å². The monoisotopic (exact) mass is 403 g/mol. The minimum absolute atomic E-state index is 0.00715. The van der Waals surface area contributed by atoms with Crippen LogP contribution >= 0.6 is 0 Å². The fourth-order valence-electron chi connectivity index (χ4n) is 3.37. The van der Waals surface area contributed by atoms with E-state index in [2.05, 4.69) is 5.32 Å². The first kappa shape index (κ1) is 20.5. The van der Waals surface area contributed by atoms with E-state index in [1.165, 1.54) is 24.9 Å². The van der Waals surface area contributed by atoms with E-state index in [9.17, 15) is 23.6 Å². The predicted octanol–water partition coefficient (Wildman–Crippen LogP) is 1.49. The highest BCUT2D eigenvalue weighted by molar-refractivity contribution is 5.97. The lowest BCUT2D eigenvalue weighted by molar-refractivity contribution is -0.134. The number of halogens is 1. The van der Waals surface area contributed by atoms with Crippen LogP contribution in [0.2, 0.25) is 0 Å². The summed E-state index contributed by atoms with van der Waals surface area (Å²) < 4.78 is 19.7. The van der Waals surface area contributed by atoms with Crippen molar-refractivity contribution in [2.45, 2.75) is 25.9 Å². The van der Waals surface area contributed by atoms with Crippen molar-refractivity contribution < 1.29 is 28.3 Å². The van der Waals surface area contributed by atoms with Crippen LogP contribution < -0.4 is 10.2 Å². The van der Waals surface area contributed by atoms with Crippen LogP contribution in [0.3, 0.4) is 0 Å². The van der Waals surface area contributed by atoms with E-state index in [1.54, 1.807) is 23.1 Å². The number of nitrogens with zero attached hydrogens (tertiary/aromatic N) is 2. The highest BCUT2D eigenvalue weighted by Gasteiger charge is 2.36. The number of Topliss-reactive ketones (excluding diaryl/α,β-unsaturated/α-hetero) is 1. The topological polar surface area (TPSA) is 96.0 Å². The first-order chi connectivity index (χ1) is 13.8. The van der Waals surface area contributed by atoms with E-state index in [0.717, 1.165) is 5.57 Å². The van der Waals surface area contributed by atoms with Gasteiger partial charge < -0.3 is 15.0 Å². The van der Waals surface area contributed by atoms with E-state index in [-0.39, 0.29) is 24.7 Å². The number of cyclic esters (lactones) is 1. The zero-order chi connectivity index (χ0) is 21.1. The Morgan fingerprint density at radius 2 is 2.07 bits per heavy atom. The van der Waals surface area contributed by atoms with E-state index in [4.69, 9.17) is 4.74 Å². The van der Waals surface area contributed by atoms with Gasteiger partial charge >= 0.3 is 6.09 Å². The number of hydrogen-bond donors (Lipinski definition) is 1. The average molecular weight is 403 g/mol. The smallest absolute Gasteiger partial charge is 0.415 e. The molecule has 3 rings (SSSR count). The van der Waals surface area contributed by atoms with Crippen LogP contribution in [-0.4, -0.2) is 61.4 Å². The number of rotatable bonds is 5. The van der Waals surface area contributed by atoms with Gasteiger partial charge in [0.1, 0.15) is 11.6 Å². The molecule has 1 N–H and O–H groups in total. The van der Waals surface area contributed by atoms with Gasteiger partial charge in [-0.25, -0.2) is 9.18 Å². The summed E-state index contributed by atoms with van der Waals surface area (Å²) in [5, 5.41) is 2.41. The molecule has 2 aliphatic heterocycles. The largest absolute Gasteiger partial charge is 0.434 e. The summed E-state index contributed by atoms with van der Waals surface area (Å²) in [5.41, 5.74) is 1.45. The Labute approximate surface area is 167 Å². The van der Waals surface area contributed by atoms with Crippen LogP contribution in [0.4, 0.5) is 14.9 Å². The molecule has 0 spiro atoms. The molecule has 1 saturated heterocycles. The third-order valence-corrected chi connectivity index (χ3v) is 4.92. The summed E-state index contributed by atoms with van der Waals surface area (Å²) in [6, 6.07) is 4.40. The Balaban J connectivity index is 1.71. The molecule has 0 unspecified atom stereocenters. The van der Waals surface area contributed by atoms with E-state index >= 15 is 0 Å². The second-order valence-electron chi connectivity index (χ2n) is 6.96. The van der Waals surface area contributed by atoms with Gasteiger partial charge in [0.25, 0.3) is 5.91 Å². The molecule has 1 aromatic rings. The normalized spacial score (nSPS) is 18.9. The van der Waals surface area contributed by atoms with Gasteiger partial charge in [-0.2, -0.15) is 0 Å². The van der Waals surface area contributed by atoms with E-state index in [0.29, 0.717) is 30.8 Å². The minimum Gasteiger partial charge on any atom is -0.434 e. The molecule has 154 valence electrons. The number of carbonyl (C=O) groups is 4. The summed E-state index contributed by atoms with van der Waals surface area (Å²) in [6.07, 6.45) is 0.461. The molecular formula is C20H22FN3O5. The molecule has 0 bridgehead atoms. The second-order valence-corrected chi connectivity index (χ2v) is 6.96. The molecule has 0 saturated carbocycles. The molecule has 9 heteroatoms. The van der Waals surface area contributed by atoms with E-state index in [1.807, 2.05) is 0 Å². The molecule has 3 amide bonds. The number of ketones is 1. The number of amides is 3. The molecule has 29 heavy (non-hydrogen) atoms. The fourth-order valence-corrected chi connectivity index (χ4v) is 3.37. The van der Waals surface area contributed by atoms with Crippen molar-refractivity contribution in [3.05, 3.63) is 35.7 Å². The lowest BCUT2D eigenvalue weighted by Gasteiger charge is -2.26. The zero-order valence-electron chi connectivity index (χ0n) is 16.2. The number of carbonyl (C=O) groups excluding carboxylic acids is 4. The highest BCUT2D eigenvalue weighted by atomic mass is 19.1. The Morgan fingerprint density at radius 3 is 2.66 bits per heavy atom. The molecule has 1 atom stereocenters. The van der Waals surface area contributed by atoms with Crippen LogP contribution in [-0.2, 0) is 19.1 Å². The Kier molecular flexibility index (Phi) is 5.95. The predicted molar refractivity (Wildman–Crippen MR) is 103 cm³/mol. The third kappa shape index (κ3) is 4.44. The third-order valence-electron chi connectivity index (χ3n) is 4.92. The van der Waals surface area contributed by atoms with Crippen molar-refractivity contribution in [3.8, 4) is 0 Å². The van der Waals surface area contributed by atoms with Crippen molar-refractivity contribution in [2.75, 3.05) is 31.6 Å². The summed E-state index contributed by atoms with van der Waals surface area (Å²) in [7, 11) is 1.44. The standard InChI is InChI=1S/C20H22FN3O5/c1-12(25)9-18(26)23-7-5-13(6-8-23)15-4-3-14(10-16(15)21)24-11-17(19(27)22-2)29-20(24)28/h3-5,10,17H,6-9,11H2,1-2H3,(H,22,27)/t17-/m1/s1. The van der Waals surface area contributed by atoms with E-state index < -0.39 is 23.9 Å². The van der Waals surface area contributed by atoms with Gasteiger partial charge in [-0.05, 0) is 37.1 Å². The lowest BCUT2D eigenvalue weighted by atomic mass is 9.98. The zero-order valence-corrected chi connectivity index (χ0v) is 16.2. The van der Waals surface area contributed by atoms with Crippen LogP contribution in [0.1, 0.15) is 25.3 Å². The lowest BCUT2D eigenvalue weighted by Crippen LogP contribution is -2.35. The number of anilines is 1. The van der Waals surface area contributed by atoms with Crippen molar-refractivity contribution in [3.63, 3.8) is 0 Å². The van der Waals surface area contributed by atoms with Gasteiger partial charge in [0.15, 0.2) is 6.10 Å². The molecule has 1 fully saturated rings. The number of nitrogens with one attached hydrogen (secondary N) is 1. The van der Waals surface area contributed by atoms with Gasteiger partial charge in [0, 0.05) is 25.7 Å². The average Bonchev–Trinajstić information content (AvgIpc) is 3.08. The van der Waals surface area contributed by atoms with Gasteiger partial charge in [0.2, 0.25) is 5.91 Å². The molecule has 8 nitrogen and oxygen atoms in total. The quantitative estimate of drug-likeness (QED) is 0.752. The first-order valence-electron chi connectivity index (χ1n) is 9.26. The highest BCUT2D eigenvalue weighted by Crippen LogP contribution is 2.29. The molecule has 2 aliphatic rings. The SMILES string of the molecule is CNC(=O)[C@H]1CN(c2ccc(C3=CCN(C(=O)CC(C)=O)CC3)c(F)c2)C(=O)O1. The number of benzene rings is 1. The van der Waals surface area contributed by atoms with Crippen molar-refractivity contribution >= 4 is 35.0 Å². The van der Waals surface area contributed by atoms with Crippen LogP contribution in [0, 0.1) is 5.82 Å². The number of hydrogen-bond acceptors (Lipinski definition) is 5. The summed E-state index contributed by atoms with van der Waals surface area (Å²) in [4.78, 5) is 49.5. The second kappa shape index (κ2) is 8.42. The Bertz CT molecular complexity index is 898. The van der Waals surface area contributed by atoms with Crippen molar-refractivity contribution in [1.29, 1.82) is 0 Å². The molecule has 0 radical (unpaired) electrons. The Morgan fingerprint density at radius 1 is 1.31 bits per heavy atom. The summed E-state index contributed by atoms with van der Waals surface area (Å²) in [5.74, 6) is -1.35. The van der Waals surface area contributed by atoms with Crippen molar-refractivity contribution in [1.82, 2.24) is 10.2 Å². The molecule has 0 aromatic heterocycles. The summed E-state index contributed by atoms with van der Waals surface area (Å²) in [6.45, 7) is 2.10. The van der Waals surface area contributed by atoms with Gasteiger partial charge in [-0.3, -0.25) is 19.3 Å². The molecule has 2 heterocycles. The maximum absolute atomic E-state index is 14.7. The summed E-state index contributed by atoms with van der Waals surface area (Å²) >= 11 is 0.